The van der Waals surface area contributed by atoms with Crippen LogP contribution in [-0.4, -0.2) is 112 Å². The zero-order valence-electron chi connectivity index (χ0n) is 25.4. The summed E-state index contributed by atoms with van der Waals surface area (Å²) in [6.45, 7) is 1.35. The number of benzene rings is 1. The van der Waals surface area contributed by atoms with Crippen LogP contribution in [0, 0.1) is 23.2 Å². The Bertz CT molecular complexity index is 1430. The molecule has 13 nitrogen and oxygen atoms in total. The Kier molecular flexibility index (Phi) is 8.67. The number of carbonyl (C=O) groups is 1. The number of nitrogens with one attached hydrogen (secondary N) is 1. The molecule has 1 saturated heterocycles. The highest BCUT2D eigenvalue weighted by atomic mass is 16.7. The molecule has 2 saturated carbocycles. The van der Waals surface area contributed by atoms with Crippen LogP contribution in [0.25, 0.3) is 11.0 Å². The second kappa shape index (κ2) is 12.1. The van der Waals surface area contributed by atoms with Crippen molar-refractivity contribution in [2.45, 2.75) is 68.4 Å². The van der Waals surface area contributed by atoms with Crippen molar-refractivity contribution in [2.24, 2.45) is 23.2 Å². The van der Waals surface area contributed by atoms with Gasteiger partial charge >= 0.3 is 5.97 Å². The first-order chi connectivity index (χ1) is 21.6. The minimum atomic E-state index is -2.38. The van der Waals surface area contributed by atoms with E-state index < -0.39 is 78.2 Å². The van der Waals surface area contributed by atoms with Gasteiger partial charge in [-0.25, -0.2) is 0 Å². The number of hydrogen-bond donors (Lipinski definition) is 7. The van der Waals surface area contributed by atoms with Gasteiger partial charge in [-0.05, 0) is 56.8 Å². The lowest BCUT2D eigenvalue weighted by molar-refractivity contribution is -0.414. The Morgan fingerprint density at radius 3 is 2.67 bits per heavy atom. The van der Waals surface area contributed by atoms with Crippen LogP contribution in [0.3, 0.4) is 0 Å². The number of hydrogen-bond acceptors (Lipinski definition) is 13. The van der Waals surface area contributed by atoms with Gasteiger partial charge in [0.25, 0.3) is 0 Å². The highest BCUT2D eigenvalue weighted by molar-refractivity contribution is 5.87. The van der Waals surface area contributed by atoms with E-state index in [9.17, 15) is 35.4 Å². The van der Waals surface area contributed by atoms with E-state index in [1.807, 2.05) is 0 Å². The third-order valence-corrected chi connectivity index (χ3v) is 10.5. The molecule has 1 aromatic carbocycles. The lowest BCUT2D eigenvalue weighted by atomic mass is 9.41. The highest BCUT2D eigenvalue weighted by Crippen LogP contribution is 2.66. The molecule has 3 fully saturated rings. The minimum absolute atomic E-state index is 0.00205. The first-order valence-electron chi connectivity index (χ1n) is 15.6. The Balaban J connectivity index is 1.50. The molecule has 1 aromatic heterocycles. The van der Waals surface area contributed by atoms with Crippen molar-refractivity contribution in [3.05, 3.63) is 36.1 Å². The van der Waals surface area contributed by atoms with Gasteiger partial charge in [-0.15, -0.1) is 0 Å². The SMILES string of the molecule is CCOC(=O)CCc1cc2ccoc2c(OCCNC)c1O[C@H]1O[C@H](CO)[C@]2(O)[C@H](O)[C@]1(O)[C@@H]1[C@H]3CC[C@@H](O)[C@@]1(CO)C=C[C@@H]32. The van der Waals surface area contributed by atoms with Crippen molar-refractivity contribution < 1.29 is 58.8 Å². The van der Waals surface area contributed by atoms with Crippen LogP contribution in [0.5, 0.6) is 11.5 Å². The molecule has 13 heteroatoms. The summed E-state index contributed by atoms with van der Waals surface area (Å²) in [5, 5.41) is 72.7. The zero-order valence-corrected chi connectivity index (χ0v) is 25.4. The van der Waals surface area contributed by atoms with Crippen molar-refractivity contribution >= 4 is 16.9 Å². The number of carbonyl (C=O) groups excluding carboxylic acids is 1. The van der Waals surface area contributed by atoms with Crippen molar-refractivity contribution in [3.63, 3.8) is 0 Å². The monoisotopic (exact) mass is 633 g/mol. The Morgan fingerprint density at radius 1 is 1.16 bits per heavy atom. The van der Waals surface area contributed by atoms with E-state index in [1.165, 1.54) is 6.26 Å². The molecule has 3 aliphatic carbocycles. The van der Waals surface area contributed by atoms with Gasteiger partial charge in [-0.1, -0.05) is 12.2 Å². The van der Waals surface area contributed by atoms with E-state index in [2.05, 4.69) is 5.32 Å². The van der Waals surface area contributed by atoms with Gasteiger partial charge in [0.05, 0.1) is 32.2 Å². The highest BCUT2D eigenvalue weighted by Gasteiger charge is 2.79. The van der Waals surface area contributed by atoms with Crippen LogP contribution in [0.15, 0.2) is 35.0 Å². The first-order valence-corrected chi connectivity index (χ1v) is 15.6. The number of esters is 1. The van der Waals surface area contributed by atoms with Crippen LogP contribution in [0.4, 0.5) is 0 Å². The smallest absolute Gasteiger partial charge is 0.306 e. The summed E-state index contributed by atoms with van der Waals surface area (Å²) in [6, 6.07) is 3.49. The molecule has 248 valence electrons. The summed E-state index contributed by atoms with van der Waals surface area (Å²) in [5.41, 5.74) is -5.02. The summed E-state index contributed by atoms with van der Waals surface area (Å²) in [5.74, 6) is -2.41. The molecule has 4 aliphatic rings. The van der Waals surface area contributed by atoms with Crippen LogP contribution in [0.1, 0.15) is 31.7 Å². The average molecular weight is 634 g/mol. The van der Waals surface area contributed by atoms with E-state index >= 15 is 0 Å². The molecule has 2 aromatic rings. The molecule has 45 heavy (non-hydrogen) atoms. The molecule has 2 heterocycles. The van der Waals surface area contributed by atoms with Crippen LogP contribution in [0.2, 0.25) is 0 Å². The largest absolute Gasteiger partial charge is 0.485 e. The summed E-state index contributed by atoms with van der Waals surface area (Å²) in [7, 11) is 1.76. The molecule has 1 aliphatic heterocycles. The number of rotatable bonds is 12. The maximum absolute atomic E-state index is 12.7. The third kappa shape index (κ3) is 4.70. The number of ether oxygens (including phenoxy) is 4. The molecule has 0 amide bonds. The molecule has 0 spiro atoms. The van der Waals surface area contributed by atoms with Crippen molar-refractivity contribution in [1.82, 2.24) is 5.32 Å². The Hall–Kier alpha value is -2.75. The van der Waals surface area contributed by atoms with Crippen LogP contribution < -0.4 is 14.8 Å². The van der Waals surface area contributed by atoms with Crippen LogP contribution >= 0.6 is 0 Å². The predicted molar refractivity (Wildman–Crippen MR) is 157 cm³/mol. The van der Waals surface area contributed by atoms with E-state index in [0.717, 1.165) is 0 Å². The Morgan fingerprint density at radius 2 is 1.96 bits per heavy atom. The molecule has 6 rings (SSSR count). The van der Waals surface area contributed by atoms with Crippen LogP contribution in [-0.2, 0) is 20.7 Å². The van der Waals surface area contributed by atoms with Gasteiger partial charge in [0.1, 0.15) is 24.4 Å². The fourth-order valence-electron chi connectivity index (χ4n) is 8.41. The number of aliphatic hydroxyl groups is 6. The van der Waals surface area contributed by atoms with Gasteiger partial charge in [0.15, 0.2) is 16.9 Å². The van der Waals surface area contributed by atoms with Crippen molar-refractivity contribution in [1.29, 1.82) is 0 Å². The van der Waals surface area contributed by atoms with Gasteiger partial charge in [0.2, 0.25) is 12.0 Å². The van der Waals surface area contributed by atoms with Gasteiger partial charge in [-0.3, -0.25) is 4.79 Å². The quantitative estimate of drug-likeness (QED) is 0.0938. The molecule has 0 radical (unpaired) electrons. The predicted octanol–water partition coefficient (Wildman–Crippen LogP) is 0.0112. The standard InChI is InChI=1S/C32H43NO12/c1-3-41-23(37)7-4-17-14-18-9-12-42-24(18)26(43-13-11-33-2)25(17)45-29-32(40)27-19-5-6-21(36)30(27,16-35)10-8-20(19)31(39,28(32)38)22(15-34)44-29/h8-10,12,14,19-22,27-29,33-36,38-40H,3-7,11,13,15-16H2,1-2H3/t19-,20-,21+,22+,27+,28-,29+,30-,31-,32+/m0/s1. The van der Waals surface area contributed by atoms with Gasteiger partial charge in [-0.2, -0.15) is 0 Å². The molecular formula is C32H43NO12. The summed E-state index contributed by atoms with van der Waals surface area (Å²) in [4.78, 5) is 12.4. The maximum atomic E-state index is 12.7. The number of aliphatic hydroxyl groups excluding tert-OH is 4. The number of aryl methyl sites for hydroxylation is 1. The van der Waals surface area contributed by atoms with E-state index in [-0.39, 0.29) is 37.6 Å². The van der Waals surface area contributed by atoms with Crippen molar-refractivity contribution in [2.75, 3.05) is 40.0 Å². The minimum Gasteiger partial charge on any atom is -0.485 e. The molecule has 10 atom stereocenters. The van der Waals surface area contributed by atoms with E-state index in [4.69, 9.17) is 23.4 Å². The Labute approximate surface area is 260 Å². The normalized spacial score (nSPS) is 38.3. The molecule has 6 bridgehead atoms. The number of likely N-dealkylation sites (N-methyl/N-ethyl adjacent to an activating group) is 1. The summed E-state index contributed by atoms with van der Waals surface area (Å²) >= 11 is 0. The van der Waals surface area contributed by atoms with Gasteiger partial charge < -0.3 is 59.3 Å². The molecule has 7 N–H and O–H groups in total. The first kappa shape index (κ1) is 32.2. The summed E-state index contributed by atoms with van der Waals surface area (Å²) in [6.07, 6.45) is -0.468. The third-order valence-electron chi connectivity index (χ3n) is 10.5. The number of furan rings is 1. The average Bonchev–Trinajstić information content (AvgIpc) is 3.50. The lowest BCUT2D eigenvalue weighted by Crippen LogP contribution is -2.85. The fraction of sp³-hybridized carbons (Fsp3) is 0.656. The van der Waals surface area contributed by atoms with Gasteiger partial charge in [0, 0.05) is 35.6 Å². The molecule has 0 unspecified atom stereocenters. The zero-order chi connectivity index (χ0) is 32.1. The van der Waals surface area contributed by atoms with E-state index in [0.29, 0.717) is 35.9 Å². The fourth-order valence-corrected chi connectivity index (χ4v) is 8.41. The summed E-state index contributed by atoms with van der Waals surface area (Å²) < 4.78 is 29.8. The molecular weight excluding hydrogens is 590 g/mol. The second-order valence-corrected chi connectivity index (χ2v) is 12.6. The van der Waals surface area contributed by atoms with E-state index in [1.54, 1.807) is 38.3 Å². The lowest BCUT2D eigenvalue weighted by Gasteiger charge is -2.70. The maximum Gasteiger partial charge on any atom is 0.306 e. The second-order valence-electron chi connectivity index (χ2n) is 12.6. The van der Waals surface area contributed by atoms with Crippen molar-refractivity contribution in [3.8, 4) is 11.5 Å². The topological polar surface area (TPSA) is 201 Å². The number of fused-ring (bicyclic) bond motifs is 4.